The minimum Gasteiger partial charge on any atom is -0.452 e. The summed E-state index contributed by atoms with van der Waals surface area (Å²) in [5.41, 5.74) is 2.26. The molecule has 8 heteroatoms. The number of ether oxygens (including phenoxy) is 2. The van der Waals surface area contributed by atoms with Gasteiger partial charge in [-0.15, -0.1) is 0 Å². The zero-order valence-corrected chi connectivity index (χ0v) is 17.8. The molecule has 1 N–H and O–H groups in total. The van der Waals surface area contributed by atoms with E-state index in [0.717, 1.165) is 29.7 Å². The third-order valence-corrected chi connectivity index (χ3v) is 5.60. The van der Waals surface area contributed by atoms with Gasteiger partial charge in [-0.05, 0) is 55.2 Å². The van der Waals surface area contributed by atoms with Crippen molar-refractivity contribution in [2.75, 3.05) is 25.1 Å². The van der Waals surface area contributed by atoms with Gasteiger partial charge < -0.3 is 14.8 Å². The van der Waals surface area contributed by atoms with Gasteiger partial charge in [0.05, 0.1) is 29.3 Å². The van der Waals surface area contributed by atoms with Gasteiger partial charge in [0.1, 0.15) is 0 Å². The van der Waals surface area contributed by atoms with Crippen LogP contribution in [0, 0.1) is 0 Å². The van der Waals surface area contributed by atoms with E-state index >= 15 is 0 Å². The average molecular weight is 436 g/mol. The zero-order chi connectivity index (χ0) is 22.7. The maximum atomic E-state index is 12.7. The maximum Gasteiger partial charge on any atom is 0.338 e. The van der Waals surface area contributed by atoms with E-state index in [1.54, 1.807) is 12.1 Å². The Kier molecular flexibility index (Phi) is 6.32. The number of benzene rings is 2. The standard InChI is InChI=1S/C24H24N2O6/c1-2-15-5-8-17(9-6-15)25-21(27)14-32-24(30)16-7-10-19-20(12-16)23(29)26(22(19)28)13-18-4-3-11-31-18/h5-10,12,18H,2-4,11,13-14H2,1H3,(H,25,27)/t18-/m1/s1. The Morgan fingerprint density at radius 1 is 1.09 bits per heavy atom. The molecule has 32 heavy (non-hydrogen) atoms. The first-order valence-electron chi connectivity index (χ1n) is 10.6. The molecule has 0 aliphatic carbocycles. The molecule has 1 atom stereocenters. The molecule has 166 valence electrons. The van der Waals surface area contributed by atoms with Crippen LogP contribution in [0.1, 0.15) is 56.4 Å². The van der Waals surface area contributed by atoms with Crippen LogP contribution < -0.4 is 5.32 Å². The Labute approximate surface area is 185 Å². The third kappa shape index (κ3) is 4.55. The molecule has 3 amide bonds. The van der Waals surface area contributed by atoms with Crippen LogP contribution in [0.25, 0.3) is 0 Å². The van der Waals surface area contributed by atoms with Crippen LogP contribution in [0.2, 0.25) is 0 Å². The lowest BCUT2D eigenvalue weighted by Gasteiger charge is -2.17. The van der Waals surface area contributed by atoms with E-state index in [9.17, 15) is 19.2 Å². The fraction of sp³-hybridized carbons (Fsp3) is 0.333. The molecule has 0 saturated carbocycles. The van der Waals surface area contributed by atoms with Crippen LogP contribution in [0.5, 0.6) is 0 Å². The lowest BCUT2D eigenvalue weighted by Crippen LogP contribution is -2.36. The monoisotopic (exact) mass is 436 g/mol. The third-order valence-electron chi connectivity index (χ3n) is 5.60. The number of anilines is 1. The largest absolute Gasteiger partial charge is 0.452 e. The molecule has 2 heterocycles. The van der Waals surface area contributed by atoms with Crippen LogP contribution in [-0.4, -0.2) is 54.5 Å². The fourth-order valence-corrected chi connectivity index (χ4v) is 3.81. The molecule has 0 spiro atoms. The minimum atomic E-state index is -0.748. The van der Waals surface area contributed by atoms with Crippen molar-refractivity contribution >= 4 is 29.4 Å². The Morgan fingerprint density at radius 2 is 1.84 bits per heavy atom. The number of carbonyl (C=O) groups excluding carboxylic acids is 4. The van der Waals surface area contributed by atoms with Crippen molar-refractivity contribution in [1.82, 2.24) is 4.90 Å². The SMILES string of the molecule is CCc1ccc(NC(=O)COC(=O)c2ccc3c(c2)C(=O)N(C[C@H]2CCCO2)C3=O)cc1. The minimum absolute atomic E-state index is 0.101. The van der Waals surface area contributed by atoms with E-state index < -0.39 is 30.3 Å². The molecule has 8 nitrogen and oxygen atoms in total. The first-order chi connectivity index (χ1) is 15.5. The van der Waals surface area contributed by atoms with E-state index in [4.69, 9.17) is 9.47 Å². The summed E-state index contributed by atoms with van der Waals surface area (Å²) in [5.74, 6) is -2.07. The first kappa shape index (κ1) is 21.7. The van der Waals surface area contributed by atoms with Crippen LogP contribution in [0.4, 0.5) is 5.69 Å². The number of carbonyl (C=O) groups is 4. The molecular weight excluding hydrogens is 412 g/mol. The van der Waals surface area contributed by atoms with Crippen molar-refractivity contribution in [2.45, 2.75) is 32.3 Å². The maximum absolute atomic E-state index is 12.7. The zero-order valence-electron chi connectivity index (χ0n) is 17.8. The van der Waals surface area contributed by atoms with E-state index in [0.29, 0.717) is 12.3 Å². The summed E-state index contributed by atoms with van der Waals surface area (Å²) in [4.78, 5) is 51.0. The molecule has 0 radical (unpaired) electrons. The predicted octanol–water partition coefficient (Wildman–Crippen LogP) is 2.82. The molecule has 0 bridgehead atoms. The van der Waals surface area contributed by atoms with Gasteiger partial charge in [-0.3, -0.25) is 19.3 Å². The van der Waals surface area contributed by atoms with Gasteiger partial charge in [0.15, 0.2) is 6.61 Å². The second-order valence-corrected chi connectivity index (χ2v) is 7.79. The molecular formula is C24H24N2O6. The van der Waals surface area contributed by atoms with Gasteiger partial charge in [-0.25, -0.2) is 4.79 Å². The summed E-state index contributed by atoms with van der Waals surface area (Å²) in [6, 6.07) is 11.6. The number of imide groups is 1. The first-order valence-corrected chi connectivity index (χ1v) is 10.6. The quantitative estimate of drug-likeness (QED) is 0.529. The lowest BCUT2D eigenvalue weighted by atomic mass is 10.1. The number of esters is 1. The van der Waals surface area contributed by atoms with Crippen LogP contribution in [0.3, 0.4) is 0 Å². The van der Waals surface area contributed by atoms with E-state index in [-0.39, 0.29) is 29.3 Å². The van der Waals surface area contributed by atoms with Crippen molar-refractivity contribution < 1.29 is 28.7 Å². The topological polar surface area (TPSA) is 102 Å². The van der Waals surface area contributed by atoms with Gasteiger partial charge in [0.2, 0.25) is 0 Å². The molecule has 2 aliphatic heterocycles. The Hall–Kier alpha value is -3.52. The van der Waals surface area contributed by atoms with Crippen molar-refractivity contribution in [3.05, 3.63) is 64.7 Å². The van der Waals surface area contributed by atoms with Crippen molar-refractivity contribution in [2.24, 2.45) is 0 Å². The molecule has 2 aliphatic rings. The summed E-state index contributed by atoms with van der Waals surface area (Å²) >= 11 is 0. The van der Waals surface area contributed by atoms with Crippen LogP contribution in [-0.2, 0) is 20.7 Å². The number of nitrogens with zero attached hydrogens (tertiary/aromatic N) is 1. The molecule has 0 aromatic heterocycles. The van der Waals surface area contributed by atoms with Gasteiger partial charge in [0, 0.05) is 12.3 Å². The lowest BCUT2D eigenvalue weighted by molar-refractivity contribution is -0.119. The summed E-state index contributed by atoms with van der Waals surface area (Å²) < 4.78 is 10.6. The molecule has 0 unspecified atom stereocenters. The Morgan fingerprint density at radius 3 is 2.53 bits per heavy atom. The number of hydrogen-bond donors (Lipinski definition) is 1. The highest BCUT2D eigenvalue weighted by Gasteiger charge is 2.38. The number of fused-ring (bicyclic) bond motifs is 1. The number of amides is 3. The molecule has 1 saturated heterocycles. The van der Waals surface area contributed by atoms with E-state index in [1.165, 1.54) is 18.2 Å². The highest BCUT2D eigenvalue weighted by atomic mass is 16.5. The average Bonchev–Trinajstić information content (AvgIpc) is 3.41. The van der Waals surface area contributed by atoms with Crippen molar-refractivity contribution in [3.8, 4) is 0 Å². The second-order valence-electron chi connectivity index (χ2n) is 7.79. The van der Waals surface area contributed by atoms with Gasteiger partial charge in [-0.1, -0.05) is 19.1 Å². The normalized spacial score (nSPS) is 17.4. The Bertz CT molecular complexity index is 1060. The van der Waals surface area contributed by atoms with E-state index in [2.05, 4.69) is 5.32 Å². The van der Waals surface area contributed by atoms with Crippen LogP contribution >= 0.6 is 0 Å². The number of rotatable bonds is 7. The highest BCUT2D eigenvalue weighted by molar-refractivity contribution is 6.22. The summed E-state index contributed by atoms with van der Waals surface area (Å²) in [6.45, 7) is 2.40. The second kappa shape index (κ2) is 9.32. The molecule has 4 rings (SSSR count). The Balaban J connectivity index is 1.36. The highest BCUT2D eigenvalue weighted by Crippen LogP contribution is 2.26. The van der Waals surface area contributed by atoms with Gasteiger partial charge >= 0.3 is 5.97 Å². The summed E-state index contributed by atoms with van der Waals surface area (Å²) in [6.07, 6.45) is 2.45. The van der Waals surface area contributed by atoms with Crippen molar-refractivity contribution in [1.29, 1.82) is 0 Å². The molecule has 2 aromatic carbocycles. The molecule has 2 aromatic rings. The van der Waals surface area contributed by atoms with Gasteiger partial charge in [-0.2, -0.15) is 0 Å². The number of nitrogens with one attached hydrogen (secondary N) is 1. The smallest absolute Gasteiger partial charge is 0.338 e. The predicted molar refractivity (Wildman–Crippen MR) is 116 cm³/mol. The van der Waals surface area contributed by atoms with E-state index in [1.807, 2.05) is 19.1 Å². The fourth-order valence-electron chi connectivity index (χ4n) is 3.81. The molecule has 1 fully saturated rings. The van der Waals surface area contributed by atoms with Gasteiger partial charge in [0.25, 0.3) is 17.7 Å². The summed E-state index contributed by atoms with van der Waals surface area (Å²) in [5, 5.41) is 2.66. The summed E-state index contributed by atoms with van der Waals surface area (Å²) in [7, 11) is 0. The number of aryl methyl sites for hydroxylation is 1. The van der Waals surface area contributed by atoms with Crippen LogP contribution in [0.15, 0.2) is 42.5 Å². The van der Waals surface area contributed by atoms with Crippen molar-refractivity contribution in [3.63, 3.8) is 0 Å². The number of hydrogen-bond acceptors (Lipinski definition) is 6.